The average molecular weight is 258 g/mol. The summed E-state index contributed by atoms with van der Waals surface area (Å²) in [5.74, 6) is -0.172. The molecule has 0 aliphatic carbocycles. The van der Waals surface area contributed by atoms with Gasteiger partial charge in [0.15, 0.2) is 0 Å². The lowest BCUT2D eigenvalue weighted by atomic mass is 10.0. The van der Waals surface area contributed by atoms with Crippen molar-refractivity contribution in [1.82, 2.24) is 0 Å². The van der Waals surface area contributed by atoms with Gasteiger partial charge in [0.2, 0.25) is 5.90 Å². The first-order valence-electron chi connectivity index (χ1n) is 5.34. The molecule has 18 heavy (non-hydrogen) atoms. The Morgan fingerprint density at radius 1 is 0.944 bits per heavy atom. The zero-order valence-corrected chi connectivity index (χ0v) is 10.5. The molecule has 1 N–H and O–H groups in total. The van der Waals surface area contributed by atoms with E-state index in [0.29, 0.717) is 5.56 Å². The summed E-state index contributed by atoms with van der Waals surface area (Å²) in [6.45, 7) is 0. The number of benzene rings is 2. The van der Waals surface area contributed by atoms with Gasteiger partial charge in [-0.2, -0.15) is 4.79 Å². The van der Waals surface area contributed by atoms with Crippen LogP contribution in [0.25, 0.3) is 11.1 Å². The molecule has 0 unspecified atom stereocenters. The van der Waals surface area contributed by atoms with Gasteiger partial charge in [-0.1, -0.05) is 42.5 Å². The van der Waals surface area contributed by atoms with Crippen LogP contribution in [0.5, 0.6) is 0 Å². The van der Waals surface area contributed by atoms with E-state index in [9.17, 15) is 4.79 Å². The Balaban J connectivity index is 2.20. The van der Waals surface area contributed by atoms with Crippen molar-refractivity contribution in [3.63, 3.8) is 0 Å². The Labute approximate surface area is 110 Å². The number of carbonyl (C=O) groups excluding carboxylic acids is 1. The fraction of sp³-hybridized carbons (Fsp3) is 0. The van der Waals surface area contributed by atoms with Crippen LogP contribution in [0.1, 0.15) is 5.56 Å². The molecule has 3 nitrogen and oxygen atoms in total. The highest BCUT2D eigenvalue weighted by molar-refractivity contribution is 7.76. The average Bonchev–Trinajstić information content (AvgIpc) is 2.39. The third-order valence-electron chi connectivity index (χ3n) is 2.45. The molecule has 0 amide bonds. The number of rotatable bonds is 2. The standard InChI is InChI=1S/C14H11NO2S/c15-13(17-14(16)18)12-8-6-11(7-9-12)10-4-2-1-3-5-10/h1-9,15H,(H,16,18)/p+1. The first-order valence-corrected chi connectivity index (χ1v) is 5.84. The highest BCUT2D eigenvalue weighted by Crippen LogP contribution is 2.19. The van der Waals surface area contributed by atoms with Gasteiger partial charge in [0.05, 0.1) is 12.6 Å². The van der Waals surface area contributed by atoms with Crippen molar-refractivity contribution < 1.29 is 9.53 Å². The fourth-order valence-corrected chi connectivity index (χ4v) is 1.70. The van der Waals surface area contributed by atoms with Crippen molar-refractivity contribution in [1.29, 1.82) is 5.41 Å². The molecule has 2 aromatic rings. The Hall–Kier alpha value is -2.07. The van der Waals surface area contributed by atoms with Gasteiger partial charge >= 0.3 is 5.30 Å². The lowest BCUT2D eigenvalue weighted by Crippen LogP contribution is -2.08. The predicted molar refractivity (Wildman–Crippen MR) is 75.3 cm³/mol. The number of nitrogens with one attached hydrogen (secondary N) is 1. The largest absolute Gasteiger partial charge is 0.527 e. The quantitative estimate of drug-likeness (QED) is 0.390. The van der Waals surface area contributed by atoms with E-state index in [-0.39, 0.29) is 5.90 Å². The lowest BCUT2D eigenvalue weighted by molar-refractivity contribution is 0.224. The second kappa shape index (κ2) is 5.51. The summed E-state index contributed by atoms with van der Waals surface area (Å²) in [5, 5.41) is 6.89. The molecule has 0 radical (unpaired) electrons. The lowest BCUT2D eigenvalue weighted by Gasteiger charge is -2.04. The molecule has 0 aliphatic rings. The van der Waals surface area contributed by atoms with Gasteiger partial charge in [-0.15, -0.1) is 0 Å². The third kappa shape index (κ3) is 2.99. The monoisotopic (exact) mass is 258 g/mol. The molecule has 0 aromatic heterocycles. The van der Waals surface area contributed by atoms with Gasteiger partial charge in [-0.3, -0.25) is 5.41 Å². The SMILES string of the molecule is N=C(OC(=O)[SH2+])c1ccc(-c2ccccc2)cc1. The van der Waals surface area contributed by atoms with Gasteiger partial charge in [0, 0.05) is 5.56 Å². The van der Waals surface area contributed by atoms with E-state index in [2.05, 4.69) is 17.4 Å². The third-order valence-corrected chi connectivity index (χ3v) is 2.55. The minimum atomic E-state index is -0.674. The molecule has 4 heteroatoms. The molecule has 0 atom stereocenters. The van der Waals surface area contributed by atoms with E-state index in [0.717, 1.165) is 11.1 Å². The van der Waals surface area contributed by atoms with Crippen LogP contribution in [-0.2, 0) is 17.4 Å². The van der Waals surface area contributed by atoms with E-state index in [1.165, 1.54) is 0 Å². The van der Waals surface area contributed by atoms with Crippen LogP contribution in [0.2, 0.25) is 0 Å². The number of ether oxygens (including phenoxy) is 1. The Morgan fingerprint density at radius 3 is 2.06 bits per heavy atom. The number of carbonyl (C=O) groups is 1. The Bertz CT molecular complexity index is 564. The molecule has 2 aromatic carbocycles. The molecule has 0 bridgehead atoms. The second-order valence-electron chi connectivity index (χ2n) is 3.66. The summed E-state index contributed by atoms with van der Waals surface area (Å²) in [5.41, 5.74) is 2.71. The van der Waals surface area contributed by atoms with Crippen molar-refractivity contribution in [2.24, 2.45) is 0 Å². The van der Waals surface area contributed by atoms with Crippen LogP contribution >= 0.6 is 0 Å². The molecule has 0 heterocycles. The highest BCUT2D eigenvalue weighted by Gasteiger charge is 2.09. The molecule has 0 aliphatic heterocycles. The van der Waals surface area contributed by atoms with Gasteiger partial charge in [-0.05, 0) is 23.3 Å². The van der Waals surface area contributed by atoms with E-state index in [4.69, 9.17) is 5.41 Å². The second-order valence-corrected chi connectivity index (χ2v) is 4.07. The minimum Gasteiger partial charge on any atom is -0.367 e. The molecular formula is C14H12NO2S+. The molecule has 90 valence electrons. The van der Waals surface area contributed by atoms with Crippen LogP contribution in [0.15, 0.2) is 54.6 Å². The van der Waals surface area contributed by atoms with E-state index >= 15 is 0 Å². The Kier molecular flexibility index (Phi) is 3.79. The van der Waals surface area contributed by atoms with Gasteiger partial charge < -0.3 is 4.74 Å². The van der Waals surface area contributed by atoms with Crippen LogP contribution < -0.4 is 0 Å². The zero-order valence-electron chi connectivity index (χ0n) is 9.51. The van der Waals surface area contributed by atoms with Gasteiger partial charge in [0.25, 0.3) is 0 Å². The van der Waals surface area contributed by atoms with E-state index < -0.39 is 5.30 Å². The molecule has 0 spiro atoms. The summed E-state index contributed by atoms with van der Waals surface area (Å²) >= 11 is 2.67. The van der Waals surface area contributed by atoms with Crippen molar-refractivity contribution in [3.05, 3.63) is 60.2 Å². The van der Waals surface area contributed by atoms with E-state index in [1.807, 2.05) is 42.5 Å². The van der Waals surface area contributed by atoms with Crippen LogP contribution in [0.4, 0.5) is 4.79 Å². The topological polar surface area (TPSA) is 50.1 Å². The van der Waals surface area contributed by atoms with Crippen molar-refractivity contribution in [2.45, 2.75) is 0 Å². The van der Waals surface area contributed by atoms with Crippen molar-refractivity contribution in [3.8, 4) is 11.1 Å². The van der Waals surface area contributed by atoms with Crippen LogP contribution in [0, 0.1) is 5.41 Å². The first-order chi connectivity index (χ1) is 8.66. The summed E-state index contributed by atoms with van der Waals surface area (Å²) in [6, 6.07) is 17.2. The molecule has 0 fully saturated rings. The summed E-state index contributed by atoms with van der Waals surface area (Å²) in [4.78, 5) is 10.7. The van der Waals surface area contributed by atoms with Crippen LogP contribution in [-0.4, -0.2) is 11.2 Å². The summed E-state index contributed by atoms with van der Waals surface area (Å²) in [7, 11) is 0. The molecular weight excluding hydrogens is 246 g/mol. The smallest absolute Gasteiger partial charge is 0.367 e. The zero-order chi connectivity index (χ0) is 13.0. The number of hydrogen-bond acceptors (Lipinski definition) is 3. The maximum absolute atomic E-state index is 10.7. The fourth-order valence-electron chi connectivity index (χ4n) is 1.60. The Morgan fingerprint density at radius 2 is 1.50 bits per heavy atom. The molecule has 2 rings (SSSR count). The molecule has 0 saturated carbocycles. The normalized spacial score (nSPS) is 9.83. The highest BCUT2D eigenvalue weighted by atomic mass is 32.1. The van der Waals surface area contributed by atoms with Gasteiger partial charge in [-0.25, -0.2) is 0 Å². The summed E-state index contributed by atoms with van der Waals surface area (Å²) in [6.07, 6.45) is 0. The molecule has 0 saturated heterocycles. The van der Waals surface area contributed by atoms with Crippen molar-refractivity contribution >= 4 is 23.8 Å². The predicted octanol–water partition coefficient (Wildman–Crippen LogP) is 2.83. The van der Waals surface area contributed by atoms with Crippen LogP contribution in [0.3, 0.4) is 0 Å². The minimum absolute atomic E-state index is 0.172. The van der Waals surface area contributed by atoms with E-state index in [1.54, 1.807) is 12.1 Å². The summed E-state index contributed by atoms with van der Waals surface area (Å²) < 4.78 is 4.64. The maximum atomic E-state index is 10.7. The maximum Gasteiger partial charge on any atom is 0.527 e. The first kappa shape index (κ1) is 12.4. The van der Waals surface area contributed by atoms with Crippen molar-refractivity contribution in [2.75, 3.05) is 0 Å². The number of hydrogen-bond donors (Lipinski definition) is 1. The van der Waals surface area contributed by atoms with Gasteiger partial charge in [0.1, 0.15) is 0 Å².